The van der Waals surface area contributed by atoms with E-state index in [0.29, 0.717) is 0 Å². The van der Waals surface area contributed by atoms with Crippen LogP contribution < -0.4 is 0 Å². The van der Waals surface area contributed by atoms with Gasteiger partial charge < -0.3 is 0 Å². The van der Waals surface area contributed by atoms with Gasteiger partial charge >= 0.3 is 0 Å². The zero-order valence-electron chi connectivity index (χ0n) is 4.32. The summed E-state index contributed by atoms with van der Waals surface area (Å²) in [6.45, 7) is -1.33. The number of carbonyl (C=O) groups excluding carboxylic acids is 1. The summed E-state index contributed by atoms with van der Waals surface area (Å²) in [7, 11) is 5.71. The van der Waals surface area contributed by atoms with Gasteiger partial charge in [-0.1, -0.05) is 8.93 Å². The van der Waals surface area contributed by atoms with Crippen molar-refractivity contribution in [1.82, 2.24) is 0 Å². The lowest BCUT2D eigenvalue weighted by Gasteiger charge is -2.09. The predicted octanol–water partition coefficient (Wildman–Crippen LogP) is 3.37. The normalized spacial score (nSPS) is 17.0. The highest BCUT2D eigenvalue weighted by Gasteiger charge is 2.11. The zero-order valence-corrected chi connectivity index (χ0v) is 10.4. The first kappa shape index (κ1) is 11.0. The first-order chi connectivity index (χ1) is 4.09. The minimum Gasteiger partial charge on any atom is -0.224 e. The van der Waals surface area contributed by atoms with Gasteiger partial charge in [-0.3, -0.25) is 0 Å². The minimum absolute atomic E-state index is 0.471. The van der Waals surface area contributed by atoms with Crippen molar-refractivity contribution in [2.75, 3.05) is 0 Å². The lowest BCUT2D eigenvalue weighted by Crippen LogP contribution is -1.42. The average molecular weight is 240 g/mol. The standard InChI is InChI=1S/CH6FOP5S/c2-9(1-3)8(6)7(4)5/h4-6H2. The fourth-order valence-corrected chi connectivity index (χ4v) is 7.74. The summed E-state index contributed by atoms with van der Waals surface area (Å²) >= 11 is 0. The largest absolute Gasteiger partial charge is 0.224 e. The molecule has 0 saturated carbocycles. The summed E-state index contributed by atoms with van der Waals surface area (Å²) in [6.07, 6.45) is 0. The van der Waals surface area contributed by atoms with Gasteiger partial charge in [-0.25, -0.2) is 4.79 Å². The molecule has 0 N–H and O–H groups in total. The topological polar surface area (TPSA) is 17.1 Å². The van der Waals surface area contributed by atoms with E-state index >= 15 is 0 Å². The third-order valence-corrected chi connectivity index (χ3v) is 23.3. The molecule has 0 amide bonds. The maximum Gasteiger partial charge on any atom is 0.192 e. The molecule has 1 nitrogen and oxygen atoms in total. The van der Waals surface area contributed by atoms with Crippen LogP contribution in [0.1, 0.15) is 0 Å². The van der Waals surface area contributed by atoms with Crippen molar-refractivity contribution in [2.24, 2.45) is 0 Å². The van der Waals surface area contributed by atoms with E-state index in [4.69, 9.17) is 0 Å². The second-order valence-corrected chi connectivity index (χ2v) is 20.4. The van der Waals surface area contributed by atoms with Crippen LogP contribution in [0.2, 0.25) is 0 Å². The fourth-order valence-electron chi connectivity index (χ4n) is 0.121. The molecule has 0 aliphatic heterocycles. The molecule has 0 saturated heterocycles. The van der Waals surface area contributed by atoms with Crippen molar-refractivity contribution >= 4 is 56.0 Å². The molecule has 0 spiro atoms. The highest BCUT2D eigenvalue weighted by atomic mass is 33.2. The maximum absolute atomic E-state index is 12.4. The lowest BCUT2D eigenvalue weighted by atomic mass is 11.9. The van der Waals surface area contributed by atoms with Crippen molar-refractivity contribution in [2.45, 2.75) is 0 Å². The molecule has 0 fully saturated rings. The van der Waals surface area contributed by atoms with Gasteiger partial charge in [0.2, 0.25) is 0 Å². The van der Waals surface area contributed by atoms with Gasteiger partial charge in [0, 0.05) is 6.50 Å². The Morgan fingerprint density at radius 3 is 2.00 bits per heavy atom. The molecule has 0 aromatic carbocycles. The molecule has 5 unspecified atom stereocenters. The Morgan fingerprint density at radius 1 is 1.44 bits per heavy atom. The SMILES string of the molecule is O=C=S(F)P(P)P(P)P. The second kappa shape index (κ2) is 5.63. The number of hydrogen-bond acceptors (Lipinski definition) is 1. The summed E-state index contributed by atoms with van der Waals surface area (Å²) in [4.78, 5) is 9.76. The second-order valence-electron chi connectivity index (χ2n) is 1.00. The Morgan fingerprint density at radius 2 is 1.89 bits per heavy atom. The Labute approximate surface area is 65.0 Å². The number of rotatable bonds is 2. The molecule has 0 aromatic heterocycles. The van der Waals surface area contributed by atoms with Crippen LogP contribution >= 0.6 is 50.8 Å². The van der Waals surface area contributed by atoms with E-state index in [1.54, 1.807) is 0 Å². The molecule has 0 aliphatic carbocycles. The highest BCUT2D eigenvalue weighted by molar-refractivity contribution is 9.06. The molecule has 9 heavy (non-hydrogen) atoms. The minimum atomic E-state index is -1.64. The zero-order chi connectivity index (χ0) is 7.44. The highest BCUT2D eigenvalue weighted by Crippen LogP contribution is 2.90. The van der Waals surface area contributed by atoms with Crippen LogP contribution in [0.25, 0.3) is 0 Å². The first-order valence-electron chi connectivity index (χ1n) is 1.72. The molecule has 0 rings (SSSR count). The third kappa shape index (κ3) is 4.45. The molecule has 8 heteroatoms. The van der Waals surface area contributed by atoms with Crippen LogP contribution in [0.15, 0.2) is 0 Å². The maximum atomic E-state index is 12.4. The van der Waals surface area contributed by atoms with Gasteiger partial charge in [0.1, 0.15) is 10.5 Å². The molecule has 5 atom stereocenters. The van der Waals surface area contributed by atoms with Crippen molar-refractivity contribution in [3.8, 4) is 0 Å². The van der Waals surface area contributed by atoms with E-state index in [0.717, 1.165) is 0 Å². The van der Waals surface area contributed by atoms with Crippen LogP contribution in [0.4, 0.5) is 3.89 Å². The predicted molar refractivity (Wildman–Crippen MR) is 57.4 cm³/mol. The van der Waals surface area contributed by atoms with Crippen molar-refractivity contribution in [3.05, 3.63) is 0 Å². The van der Waals surface area contributed by atoms with Crippen LogP contribution in [-0.2, 0) is 4.79 Å². The van der Waals surface area contributed by atoms with Crippen molar-refractivity contribution in [1.29, 1.82) is 0 Å². The van der Waals surface area contributed by atoms with E-state index in [1.807, 2.05) is 0 Å². The van der Waals surface area contributed by atoms with E-state index in [-0.39, 0.29) is 0 Å². The molecule has 54 valence electrons. The monoisotopic (exact) mass is 240 g/mol. The van der Waals surface area contributed by atoms with E-state index < -0.39 is 24.0 Å². The van der Waals surface area contributed by atoms with Crippen molar-refractivity contribution in [3.63, 3.8) is 0 Å². The lowest BCUT2D eigenvalue weighted by molar-refractivity contribution is 0.571. The van der Waals surface area contributed by atoms with Gasteiger partial charge in [0.15, 0.2) is 5.23 Å². The molecule has 0 aliphatic rings. The Kier molecular flexibility index (Phi) is 6.89. The number of halogens is 1. The number of hydrogen-bond donors (Lipinski definition) is 0. The molecule has 0 aromatic rings. The Bertz CT molecular complexity index is 142. The fraction of sp³-hybridized carbons (Fsp3) is 0. The summed E-state index contributed by atoms with van der Waals surface area (Å²) in [6, 6.07) is 0. The van der Waals surface area contributed by atoms with Crippen LogP contribution in [0.3, 0.4) is 0 Å². The van der Waals surface area contributed by atoms with Gasteiger partial charge in [0.05, 0.1) is 0 Å². The summed E-state index contributed by atoms with van der Waals surface area (Å²) in [5.74, 6) is 0. The third-order valence-electron chi connectivity index (χ3n) is 0.461. The smallest absolute Gasteiger partial charge is 0.192 e. The van der Waals surface area contributed by atoms with E-state index in [1.165, 1.54) is 5.23 Å². The average Bonchev–Trinajstić information content (AvgIpc) is 1.84. The first-order valence-corrected chi connectivity index (χ1v) is 11.7. The summed E-state index contributed by atoms with van der Waals surface area (Å²) in [5.41, 5.74) is 0. The summed E-state index contributed by atoms with van der Waals surface area (Å²) in [5, 5.41) is 1.35. The van der Waals surface area contributed by atoms with E-state index in [2.05, 4.69) is 26.8 Å². The van der Waals surface area contributed by atoms with Gasteiger partial charge in [0.25, 0.3) is 0 Å². The Balaban J connectivity index is 4.04. The molecule has 0 bridgehead atoms. The van der Waals surface area contributed by atoms with Gasteiger partial charge in [-0.15, -0.1) is 17.9 Å². The molecule has 0 heterocycles. The van der Waals surface area contributed by atoms with Crippen LogP contribution in [0.5, 0.6) is 0 Å². The van der Waals surface area contributed by atoms with Crippen LogP contribution in [-0.4, -0.2) is 5.23 Å². The summed E-state index contributed by atoms with van der Waals surface area (Å²) < 4.78 is 12.4. The quantitative estimate of drug-likeness (QED) is 0.534. The van der Waals surface area contributed by atoms with Gasteiger partial charge in [-0.2, -0.15) is 3.89 Å². The Hall–Kier alpha value is 2.01. The molecule has 0 radical (unpaired) electrons. The van der Waals surface area contributed by atoms with Crippen LogP contribution in [0, 0.1) is 0 Å². The van der Waals surface area contributed by atoms with Crippen molar-refractivity contribution < 1.29 is 8.68 Å². The van der Waals surface area contributed by atoms with Gasteiger partial charge in [-0.05, 0) is 6.99 Å². The molecular formula is CH6FOP5S. The van der Waals surface area contributed by atoms with E-state index in [9.17, 15) is 8.68 Å². The molecular weight excluding hydrogens is 234 g/mol.